The Hall–Kier alpha value is -0.960. The number of aromatic nitrogens is 2. The van der Waals surface area contributed by atoms with E-state index in [1.807, 2.05) is 6.07 Å². The van der Waals surface area contributed by atoms with Crippen LogP contribution in [-0.2, 0) is 6.54 Å². The minimum absolute atomic E-state index is 0.587. The van der Waals surface area contributed by atoms with Crippen molar-refractivity contribution in [2.75, 3.05) is 0 Å². The van der Waals surface area contributed by atoms with Gasteiger partial charge in [0, 0.05) is 18.4 Å². The molecule has 0 unspecified atom stereocenters. The van der Waals surface area contributed by atoms with Gasteiger partial charge in [0.15, 0.2) is 0 Å². The molecule has 0 radical (unpaired) electrons. The zero-order valence-corrected chi connectivity index (χ0v) is 10.0. The number of hydrogen-bond donors (Lipinski definition) is 1. The molecule has 1 saturated carbocycles. The Balaban J connectivity index is 1.76. The second-order valence-corrected chi connectivity index (χ2v) is 4.73. The molecule has 0 aromatic carbocycles. The molecule has 2 rings (SSSR count). The maximum absolute atomic E-state index is 4.22. The molecular formula is C13H21N3. The highest BCUT2D eigenvalue weighted by molar-refractivity contribution is 4.89. The summed E-state index contributed by atoms with van der Waals surface area (Å²) in [5, 5.41) is 3.54. The van der Waals surface area contributed by atoms with E-state index in [9.17, 15) is 0 Å². The van der Waals surface area contributed by atoms with E-state index in [1.165, 1.54) is 32.1 Å². The first kappa shape index (κ1) is 11.5. The van der Waals surface area contributed by atoms with Crippen LogP contribution in [0.4, 0.5) is 0 Å². The van der Waals surface area contributed by atoms with E-state index >= 15 is 0 Å². The summed E-state index contributed by atoms with van der Waals surface area (Å²) in [4.78, 5) is 8.44. The second kappa shape index (κ2) is 5.94. The molecule has 0 amide bonds. The molecule has 88 valence electrons. The Morgan fingerprint density at radius 2 is 1.94 bits per heavy atom. The minimum atomic E-state index is 0.587. The van der Waals surface area contributed by atoms with Gasteiger partial charge in [-0.05, 0) is 31.7 Å². The van der Waals surface area contributed by atoms with Crippen molar-refractivity contribution < 1.29 is 0 Å². The third-order valence-electron chi connectivity index (χ3n) is 3.56. The van der Waals surface area contributed by atoms with Gasteiger partial charge in [0.05, 0.1) is 6.54 Å². The van der Waals surface area contributed by atoms with E-state index in [0.717, 1.165) is 18.3 Å². The maximum atomic E-state index is 4.22. The topological polar surface area (TPSA) is 37.8 Å². The van der Waals surface area contributed by atoms with Crippen molar-refractivity contribution in [3.05, 3.63) is 24.3 Å². The lowest BCUT2D eigenvalue weighted by Crippen LogP contribution is -2.34. The first-order valence-corrected chi connectivity index (χ1v) is 6.35. The first-order valence-electron chi connectivity index (χ1n) is 6.35. The Morgan fingerprint density at radius 1 is 1.25 bits per heavy atom. The summed E-state index contributed by atoms with van der Waals surface area (Å²) in [5.74, 6) is 1.74. The monoisotopic (exact) mass is 219 g/mol. The van der Waals surface area contributed by atoms with Gasteiger partial charge >= 0.3 is 0 Å². The smallest absolute Gasteiger partial charge is 0.141 e. The molecule has 1 fully saturated rings. The normalized spacial score (nSPS) is 19.6. The van der Waals surface area contributed by atoms with Crippen LogP contribution in [0.15, 0.2) is 18.5 Å². The molecular weight excluding hydrogens is 198 g/mol. The zero-order valence-electron chi connectivity index (χ0n) is 10.0. The van der Waals surface area contributed by atoms with Gasteiger partial charge in [-0.1, -0.05) is 19.3 Å². The molecule has 1 aliphatic carbocycles. The van der Waals surface area contributed by atoms with E-state index in [2.05, 4.69) is 22.2 Å². The lowest BCUT2D eigenvalue weighted by Gasteiger charge is -2.28. The lowest BCUT2D eigenvalue weighted by molar-refractivity contribution is 0.279. The quantitative estimate of drug-likeness (QED) is 0.845. The summed E-state index contributed by atoms with van der Waals surface area (Å²) in [6, 6.07) is 2.44. The predicted octanol–water partition coefficient (Wildman–Crippen LogP) is 2.54. The molecule has 0 aliphatic heterocycles. The maximum Gasteiger partial charge on any atom is 0.141 e. The first-order chi connectivity index (χ1) is 7.86. The molecule has 3 nitrogen and oxygen atoms in total. The van der Waals surface area contributed by atoms with Crippen molar-refractivity contribution in [2.45, 2.75) is 51.6 Å². The molecule has 0 spiro atoms. The number of nitrogens with one attached hydrogen (secondary N) is 1. The molecule has 1 aromatic heterocycles. The fourth-order valence-electron chi connectivity index (χ4n) is 2.47. The molecule has 0 bridgehead atoms. The molecule has 0 saturated heterocycles. The van der Waals surface area contributed by atoms with Crippen molar-refractivity contribution >= 4 is 0 Å². The summed E-state index contributed by atoms with van der Waals surface area (Å²) in [6.45, 7) is 3.08. The highest BCUT2D eigenvalue weighted by Crippen LogP contribution is 2.26. The number of hydrogen-bond acceptors (Lipinski definition) is 3. The molecule has 1 atom stereocenters. The molecule has 16 heavy (non-hydrogen) atoms. The van der Waals surface area contributed by atoms with Crippen molar-refractivity contribution in [1.29, 1.82) is 0 Å². The molecule has 1 N–H and O–H groups in total. The summed E-state index contributed by atoms with van der Waals surface area (Å²) in [6.07, 6.45) is 10.6. The van der Waals surface area contributed by atoms with Gasteiger partial charge in [0.1, 0.15) is 5.82 Å². The van der Waals surface area contributed by atoms with Crippen LogP contribution in [0.2, 0.25) is 0 Å². The molecule has 1 heterocycles. The summed E-state index contributed by atoms with van der Waals surface area (Å²) < 4.78 is 0. The minimum Gasteiger partial charge on any atom is -0.307 e. The Kier molecular flexibility index (Phi) is 4.28. The van der Waals surface area contributed by atoms with Crippen molar-refractivity contribution in [3.8, 4) is 0 Å². The Morgan fingerprint density at radius 3 is 2.62 bits per heavy atom. The van der Waals surface area contributed by atoms with E-state index in [-0.39, 0.29) is 0 Å². The SMILES string of the molecule is C[C@H](NCc1ncccn1)C1CCCCC1. The van der Waals surface area contributed by atoms with E-state index in [0.29, 0.717) is 6.04 Å². The summed E-state index contributed by atoms with van der Waals surface area (Å²) >= 11 is 0. The van der Waals surface area contributed by atoms with Crippen LogP contribution < -0.4 is 5.32 Å². The predicted molar refractivity (Wildman–Crippen MR) is 64.9 cm³/mol. The number of rotatable bonds is 4. The van der Waals surface area contributed by atoms with Gasteiger partial charge in [0.2, 0.25) is 0 Å². The van der Waals surface area contributed by atoms with Crippen LogP contribution in [0, 0.1) is 5.92 Å². The molecule has 1 aromatic rings. The summed E-state index contributed by atoms with van der Waals surface area (Å²) in [7, 11) is 0. The molecule has 1 aliphatic rings. The average molecular weight is 219 g/mol. The fourth-order valence-corrected chi connectivity index (χ4v) is 2.47. The van der Waals surface area contributed by atoms with Crippen LogP contribution in [0.25, 0.3) is 0 Å². The largest absolute Gasteiger partial charge is 0.307 e. The third kappa shape index (κ3) is 3.27. The van der Waals surface area contributed by atoms with Crippen molar-refractivity contribution in [3.63, 3.8) is 0 Å². The second-order valence-electron chi connectivity index (χ2n) is 4.73. The Bertz CT molecular complexity index is 293. The van der Waals surface area contributed by atoms with Crippen LogP contribution in [-0.4, -0.2) is 16.0 Å². The molecule has 3 heteroatoms. The van der Waals surface area contributed by atoms with Crippen LogP contribution in [0.3, 0.4) is 0 Å². The number of nitrogens with zero attached hydrogens (tertiary/aromatic N) is 2. The van der Waals surface area contributed by atoms with Gasteiger partial charge in [0.25, 0.3) is 0 Å². The lowest BCUT2D eigenvalue weighted by atomic mass is 9.84. The van der Waals surface area contributed by atoms with Crippen LogP contribution in [0.5, 0.6) is 0 Å². The van der Waals surface area contributed by atoms with Gasteiger partial charge in [-0.2, -0.15) is 0 Å². The van der Waals surface area contributed by atoms with Gasteiger partial charge in [-0.15, -0.1) is 0 Å². The standard InChI is InChI=1S/C13H21N3/c1-11(12-6-3-2-4-7-12)16-10-13-14-8-5-9-15-13/h5,8-9,11-12,16H,2-4,6-7,10H2,1H3/t11-/m0/s1. The van der Waals surface area contributed by atoms with Crippen LogP contribution in [0.1, 0.15) is 44.9 Å². The van der Waals surface area contributed by atoms with Crippen molar-refractivity contribution in [1.82, 2.24) is 15.3 Å². The van der Waals surface area contributed by atoms with Gasteiger partial charge in [-0.3, -0.25) is 0 Å². The van der Waals surface area contributed by atoms with Crippen molar-refractivity contribution in [2.24, 2.45) is 5.92 Å². The van der Waals surface area contributed by atoms with E-state index < -0.39 is 0 Å². The highest BCUT2D eigenvalue weighted by Gasteiger charge is 2.19. The summed E-state index contributed by atoms with van der Waals surface area (Å²) in [5.41, 5.74) is 0. The highest BCUT2D eigenvalue weighted by atomic mass is 15.0. The van der Waals surface area contributed by atoms with E-state index in [1.54, 1.807) is 12.4 Å². The van der Waals surface area contributed by atoms with Gasteiger partial charge < -0.3 is 5.32 Å². The fraction of sp³-hybridized carbons (Fsp3) is 0.692. The Labute approximate surface area is 97.7 Å². The average Bonchev–Trinajstić information content (AvgIpc) is 2.38. The van der Waals surface area contributed by atoms with Crippen LogP contribution >= 0.6 is 0 Å². The van der Waals surface area contributed by atoms with E-state index in [4.69, 9.17) is 0 Å². The third-order valence-corrected chi connectivity index (χ3v) is 3.56. The zero-order chi connectivity index (χ0) is 11.2. The van der Waals surface area contributed by atoms with Gasteiger partial charge in [-0.25, -0.2) is 9.97 Å².